The molecule has 0 spiro atoms. The van der Waals surface area contributed by atoms with E-state index in [2.05, 4.69) is 20.9 Å². The summed E-state index contributed by atoms with van der Waals surface area (Å²) in [6.45, 7) is -1.57. The van der Waals surface area contributed by atoms with E-state index in [1.54, 1.807) is 36.5 Å². The molecular formula is C16H18BrF3N4O. The second-order valence-electron chi connectivity index (χ2n) is 5.37. The number of nitrogens with zero attached hydrogens (tertiary/aromatic N) is 2. The number of hydrogen-bond donors (Lipinski definition) is 2. The van der Waals surface area contributed by atoms with Crippen LogP contribution >= 0.6 is 15.9 Å². The summed E-state index contributed by atoms with van der Waals surface area (Å²) in [5.41, 5.74) is 6.79. The molecule has 1 heterocycles. The third-order valence-corrected chi connectivity index (χ3v) is 4.24. The molecule has 2 rings (SSSR count). The lowest BCUT2D eigenvalue weighted by Gasteiger charge is -2.23. The summed E-state index contributed by atoms with van der Waals surface area (Å²) in [4.78, 5) is 4.05. The van der Waals surface area contributed by atoms with Gasteiger partial charge in [-0.2, -0.15) is 0 Å². The van der Waals surface area contributed by atoms with E-state index in [4.69, 9.17) is 16.3 Å². The first-order chi connectivity index (χ1) is 11.8. The number of nitrogen functional groups attached to an aromatic ring is 1. The molecule has 0 saturated heterocycles. The van der Waals surface area contributed by atoms with Crippen LogP contribution in [0.1, 0.15) is 12.8 Å². The first-order valence-corrected chi connectivity index (χ1v) is 8.26. The van der Waals surface area contributed by atoms with Crippen molar-refractivity contribution in [2.45, 2.75) is 18.8 Å². The minimum atomic E-state index is -3.33. The number of anilines is 2. The molecule has 136 valence electrons. The molecule has 0 aliphatic carbocycles. The molecule has 9 heteroatoms. The standard InChI is InChI=1S/C16H18BrF3N4O/c17-14-12(25-13-4-1-2-8-23-13)6-5-11(15(14)21)24(22)9-3-7-16(19,20)10-18/h1-2,4-6,8H,3,7,9-10,21-22H2. The van der Waals surface area contributed by atoms with E-state index in [-0.39, 0.29) is 13.0 Å². The Morgan fingerprint density at radius 2 is 2.00 bits per heavy atom. The van der Waals surface area contributed by atoms with Crippen molar-refractivity contribution in [2.24, 2.45) is 5.84 Å². The Morgan fingerprint density at radius 1 is 1.24 bits per heavy atom. The van der Waals surface area contributed by atoms with Crippen LogP contribution in [0.15, 0.2) is 41.0 Å². The minimum Gasteiger partial charge on any atom is -0.438 e. The van der Waals surface area contributed by atoms with Crippen molar-refractivity contribution < 1.29 is 17.9 Å². The summed E-state index contributed by atoms with van der Waals surface area (Å²) in [5.74, 6) is 3.39. The number of rotatable bonds is 8. The Hall–Kier alpha value is -2.00. The Bertz CT molecular complexity index is 703. The molecular weight excluding hydrogens is 401 g/mol. The van der Waals surface area contributed by atoms with Crippen LogP contribution in [-0.2, 0) is 0 Å². The van der Waals surface area contributed by atoms with Gasteiger partial charge in [0, 0.05) is 25.2 Å². The Labute approximate surface area is 151 Å². The largest absolute Gasteiger partial charge is 0.438 e. The summed E-state index contributed by atoms with van der Waals surface area (Å²) in [5, 5.41) is 1.25. The molecule has 2 aromatic rings. The Morgan fingerprint density at radius 3 is 2.64 bits per heavy atom. The number of nitrogens with two attached hydrogens (primary N) is 2. The van der Waals surface area contributed by atoms with Crippen molar-refractivity contribution >= 4 is 27.3 Å². The Balaban J connectivity index is 2.06. The Kier molecular flexibility index (Phi) is 6.49. The second kappa shape index (κ2) is 8.39. The third-order valence-electron chi connectivity index (χ3n) is 3.42. The number of hydrazine groups is 1. The zero-order valence-corrected chi connectivity index (χ0v) is 14.8. The number of pyridine rings is 1. The van der Waals surface area contributed by atoms with E-state index in [0.29, 0.717) is 27.5 Å². The van der Waals surface area contributed by atoms with Gasteiger partial charge in [0.1, 0.15) is 5.75 Å². The molecule has 0 amide bonds. The van der Waals surface area contributed by atoms with Gasteiger partial charge in [-0.15, -0.1) is 0 Å². The maximum Gasteiger partial charge on any atom is 0.276 e. The van der Waals surface area contributed by atoms with Crippen molar-refractivity contribution in [3.8, 4) is 11.6 Å². The molecule has 4 N–H and O–H groups in total. The highest BCUT2D eigenvalue weighted by Gasteiger charge is 2.28. The van der Waals surface area contributed by atoms with Gasteiger partial charge in [-0.1, -0.05) is 6.07 Å². The van der Waals surface area contributed by atoms with Gasteiger partial charge in [0.25, 0.3) is 5.92 Å². The predicted octanol–water partition coefficient (Wildman–Crippen LogP) is 4.28. The molecule has 5 nitrogen and oxygen atoms in total. The number of aromatic nitrogens is 1. The zero-order chi connectivity index (χ0) is 18.4. The predicted molar refractivity (Wildman–Crippen MR) is 94.6 cm³/mol. The van der Waals surface area contributed by atoms with Crippen molar-refractivity contribution in [3.05, 3.63) is 41.0 Å². The maximum absolute atomic E-state index is 12.9. The molecule has 0 bridgehead atoms. The number of alkyl halides is 3. The lowest BCUT2D eigenvalue weighted by atomic mass is 10.2. The third kappa shape index (κ3) is 5.23. The van der Waals surface area contributed by atoms with Gasteiger partial charge in [0.2, 0.25) is 5.88 Å². The van der Waals surface area contributed by atoms with E-state index < -0.39 is 19.0 Å². The summed E-state index contributed by atoms with van der Waals surface area (Å²) >= 11 is 3.34. The molecule has 0 aliphatic rings. The minimum absolute atomic E-state index is 0.0245. The van der Waals surface area contributed by atoms with Gasteiger partial charge in [-0.3, -0.25) is 0 Å². The number of halogens is 4. The molecule has 0 fully saturated rings. The van der Waals surface area contributed by atoms with Crippen molar-refractivity contribution in [1.29, 1.82) is 0 Å². The van der Waals surface area contributed by atoms with Crippen LogP contribution in [0.4, 0.5) is 24.5 Å². The van der Waals surface area contributed by atoms with Crippen LogP contribution < -0.4 is 21.3 Å². The lowest BCUT2D eigenvalue weighted by Crippen LogP contribution is -2.33. The molecule has 25 heavy (non-hydrogen) atoms. The lowest BCUT2D eigenvalue weighted by molar-refractivity contribution is -0.0310. The molecule has 1 aromatic heterocycles. The average molecular weight is 419 g/mol. The van der Waals surface area contributed by atoms with E-state index in [0.717, 1.165) is 0 Å². The van der Waals surface area contributed by atoms with Crippen molar-refractivity contribution in [2.75, 3.05) is 24.0 Å². The number of hydrogen-bond acceptors (Lipinski definition) is 5. The number of benzene rings is 1. The molecule has 1 aromatic carbocycles. The summed E-state index contributed by atoms with van der Waals surface area (Å²) in [6, 6.07) is 8.49. The highest BCUT2D eigenvalue weighted by atomic mass is 79.9. The fraction of sp³-hybridized carbons (Fsp3) is 0.312. The van der Waals surface area contributed by atoms with Gasteiger partial charge >= 0.3 is 0 Å². The van der Waals surface area contributed by atoms with Gasteiger partial charge in [-0.05, 0) is 40.5 Å². The van der Waals surface area contributed by atoms with E-state index >= 15 is 0 Å². The number of ether oxygens (including phenoxy) is 1. The van der Waals surface area contributed by atoms with Crippen molar-refractivity contribution in [1.82, 2.24) is 4.98 Å². The quantitative estimate of drug-likeness (QED) is 0.380. The molecule has 0 saturated carbocycles. The highest BCUT2D eigenvalue weighted by Crippen LogP contribution is 2.39. The summed E-state index contributed by atoms with van der Waals surface area (Å²) < 4.78 is 44.1. The van der Waals surface area contributed by atoms with Crippen LogP contribution in [0.5, 0.6) is 11.6 Å². The fourth-order valence-corrected chi connectivity index (χ4v) is 2.52. The molecule has 0 unspecified atom stereocenters. The van der Waals surface area contributed by atoms with Gasteiger partial charge in [-0.25, -0.2) is 24.0 Å². The second-order valence-corrected chi connectivity index (χ2v) is 6.16. The zero-order valence-electron chi connectivity index (χ0n) is 13.3. The first kappa shape index (κ1) is 19.3. The maximum atomic E-state index is 12.9. The van der Waals surface area contributed by atoms with Gasteiger partial charge in [0.05, 0.1) is 15.8 Å². The first-order valence-electron chi connectivity index (χ1n) is 7.47. The molecule has 0 aliphatic heterocycles. The monoisotopic (exact) mass is 418 g/mol. The van der Waals surface area contributed by atoms with E-state index in [1.165, 1.54) is 5.01 Å². The molecule has 0 atom stereocenters. The van der Waals surface area contributed by atoms with Crippen LogP contribution in [0.2, 0.25) is 0 Å². The van der Waals surface area contributed by atoms with Gasteiger partial charge < -0.3 is 15.5 Å². The summed E-state index contributed by atoms with van der Waals surface area (Å²) in [6.07, 6.45) is 1.03. The van der Waals surface area contributed by atoms with Crippen molar-refractivity contribution in [3.63, 3.8) is 0 Å². The van der Waals surface area contributed by atoms with Crippen LogP contribution in [0.3, 0.4) is 0 Å². The SMILES string of the molecule is Nc1c(N(N)CCCC(F)(F)CF)ccc(Oc2ccccn2)c1Br. The van der Waals surface area contributed by atoms with Crippen LogP contribution in [0, 0.1) is 0 Å². The fourth-order valence-electron chi connectivity index (χ4n) is 2.11. The molecule has 0 radical (unpaired) electrons. The normalized spacial score (nSPS) is 11.4. The average Bonchev–Trinajstić information content (AvgIpc) is 2.60. The smallest absolute Gasteiger partial charge is 0.276 e. The van der Waals surface area contributed by atoms with Crippen LogP contribution in [-0.4, -0.2) is 24.1 Å². The highest BCUT2D eigenvalue weighted by molar-refractivity contribution is 9.10. The van der Waals surface area contributed by atoms with Gasteiger partial charge in [0.15, 0.2) is 6.67 Å². The summed E-state index contributed by atoms with van der Waals surface area (Å²) in [7, 11) is 0. The van der Waals surface area contributed by atoms with E-state index in [9.17, 15) is 13.2 Å². The van der Waals surface area contributed by atoms with Crippen LogP contribution in [0.25, 0.3) is 0 Å². The topological polar surface area (TPSA) is 77.4 Å². The van der Waals surface area contributed by atoms with E-state index in [1.807, 2.05) is 0 Å².